The second-order valence-corrected chi connectivity index (χ2v) is 7.17. The minimum atomic E-state index is -0.680. The van der Waals surface area contributed by atoms with Crippen molar-refractivity contribution in [2.24, 2.45) is 0 Å². The Labute approximate surface area is 170 Å². The highest BCUT2D eigenvalue weighted by molar-refractivity contribution is 8.18. The summed E-state index contributed by atoms with van der Waals surface area (Å²) in [4.78, 5) is 50.0. The zero-order valence-corrected chi connectivity index (χ0v) is 16.5. The highest BCUT2D eigenvalue weighted by Crippen LogP contribution is 2.35. The van der Waals surface area contributed by atoms with Gasteiger partial charge in [0.2, 0.25) is 0 Å². The fourth-order valence-electron chi connectivity index (χ4n) is 2.98. The average Bonchev–Trinajstić information content (AvgIpc) is 2.96. The standard InChI is InChI=1S/C18H19N3O7S/c1-2-28-16(22)11-20-17(23)15(29-18(20)24)10-12-9-13(21(25)26)3-4-14(12)19-5-7-27-8-6-19/h3-4,9-10H,2,5-8,11H2,1H3/b15-10-. The number of imide groups is 1. The molecule has 154 valence electrons. The van der Waals surface area contributed by atoms with Crippen LogP contribution in [-0.2, 0) is 19.1 Å². The molecule has 0 atom stereocenters. The molecule has 0 N–H and O–H groups in total. The van der Waals surface area contributed by atoms with Crippen LogP contribution in [0.25, 0.3) is 6.08 Å². The lowest BCUT2D eigenvalue weighted by molar-refractivity contribution is -0.384. The van der Waals surface area contributed by atoms with Gasteiger partial charge in [-0.05, 0) is 30.8 Å². The number of nitro groups is 1. The van der Waals surface area contributed by atoms with Crippen molar-refractivity contribution >= 4 is 46.3 Å². The number of amides is 2. The van der Waals surface area contributed by atoms with E-state index in [1.807, 2.05) is 4.90 Å². The van der Waals surface area contributed by atoms with E-state index in [4.69, 9.17) is 9.47 Å². The van der Waals surface area contributed by atoms with E-state index in [1.54, 1.807) is 13.0 Å². The van der Waals surface area contributed by atoms with Gasteiger partial charge in [0.15, 0.2) is 0 Å². The molecule has 3 rings (SSSR count). The van der Waals surface area contributed by atoms with Gasteiger partial charge in [0.1, 0.15) is 6.54 Å². The first-order chi connectivity index (χ1) is 13.9. The first-order valence-corrected chi connectivity index (χ1v) is 9.74. The van der Waals surface area contributed by atoms with E-state index in [2.05, 4.69) is 0 Å². The van der Waals surface area contributed by atoms with E-state index in [-0.39, 0.29) is 17.2 Å². The van der Waals surface area contributed by atoms with Gasteiger partial charge in [0.25, 0.3) is 16.8 Å². The molecule has 2 amide bonds. The molecule has 2 fully saturated rings. The number of hydrogen-bond acceptors (Lipinski definition) is 9. The Hall–Kier alpha value is -2.92. The average molecular weight is 421 g/mol. The van der Waals surface area contributed by atoms with Gasteiger partial charge in [-0.1, -0.05) is 0 Å². The van der Waals surface area contributed by atoms with Crippen LogP contribution in [0.2, 0.25) is 0 Å². The van der Waals surface area contributed by atoms with Crippen molar-refractivity contribution in [3.05, 3.63) is 38.8 Å². The van der Waals surface area contributed by atoms with Crippen molar-refractivity contribution in [2.45, 2.75) is 6.92 Å². The Bertz CT molecular complexity index is 880. The van der Waals surface area contributed by atoms with Crippen LogP contribution in [0.15, 0.2) is 23.1 Å². The third-order valence-corrected chi connectivity index (χ3v) is 5.23. The molecule has 29 heavy (non-hydrogen) atoms. The maximum atomic E-state index is 12.6. The van der Waals surface area contributed by atoms with E-state index in [9.17, 15) is 24.5 Å². The summed E-state index contributed by atoms with van der Waals surface area (Å²) < 4.78 is 10.1. The van der Waals surface area contributed by atoms with Crippen LogP contribution in [0, 0.1) is 10.1 Å². The predicted octanol–water partition coefficient (Wildman–Crippen LogP) is 2.03. The van der Waals surface area contributed by atoms with Crippen LogP contribution in [0.1, 0.15) is 12.5 Å². The molecule has 2 aliphatic rings. The molecule has 2 aliphatic heterocycles. The molecule has 0 saturated carbocycles. The summed E-state index contributed by atoms with van der Waals surface area (Å²) in [5.41, 5.74) is 1.03. The highest BCUT2D eigenvalue weighted by Gasteiger charge is 2.37. The third-order valence-electron chi connectivity index (χ3n) is 4.33. The summed E-state index contributed by atoms with van der Waals surface area (Å²) in [7, 11) is 0. The van der Waals surface area contributed by atoms with Crippen molar-refractivity contribution in [1.29, 1.82) is 0 Å². The Balaban J connectivity index is 1.92. The number of ether oxygens (including phenoxy) is 2. The van der Waals surface area contributed by atoms with Gasteiger partial charge in [-0.2, -0.15) is 0 Å². The molecule has 11 heteroatoms. The molecular weight excluding hydrogens is 402 g/mol. The number of nitrogens with zero attached hydrogens (tertiary/aromatic N) is 3. The molecule has 0 unspecified atom stereocenters. The maximum absolute atomic E-state index is 12.6. The lowest BCUT2D eigenvalue weighted by Gasteiger charge is -2.30. The summed E-state index contributed by atoms with van der Waals surface area (Å²) in [5.74, 6) is -1.31. The van der Waals surface area contributed by atoms with Crippen LogP contribution in [0.3, 0.4) is 0 Å². The van der Waals surface area contributed by atoms with Gasteiger partial charge in [-0.3, -0.25) is 29.4 Å². The summed E-state index contributed by atoms with van der Waals surface area (Å²) in [6.07, 6.45) is 1.45. The number of esters is 1. The Kier molecular flexibility index (Phi) is 6.49. The van der Waals surface area contributed by atoms with Crippen LogP contribution in [-0.4, -0.2) is 66.4 Å². The predicted molar refractivity (Wildman–Crippen MR) is 105 cm³/mol. The number of benzene rings is 1. The van der Waals surface area contributed by atoms with Gasteiger partial charge in [0, 0.05) is 36.5 Å². The van der Waals surface area contributed by atoms with Crippen molar-refractivity contribution in [3.63, 3.8) is 0 Å². The van der Waals surface area contributed by atoms with Crippen molar-refractivity contribution in [3.8, 4) is 0 Å². The number of morpholine rings is 1. The second kappa shape index (κ2) is 9.05. The van der Waals surface area contributed by atoms with Crippen molar-refractivity contribution in [1.82, 2.24) is 4.90 Å². The molecule has 1 aromatic carbocycles. The molecule has 0 aliphatic carbocycles. The van der Waals surface area contributed by atoms with E-state index in [0.717, 1.165) is 4.90 Å². The molecular formula is C18H19N3O7S. The van der Waals surface area contributed by atoms with Gasteiger partial charge in [-0.15, -0.1) is 0 Å². The van der Waals surface area contributed by atoms with Gasteiger partial charge >= 0.3 is 5.97 Å². The molecule has 2 saturated heterocycles. The zero-order chi connectivity index (χ0) is 21.0. The third kappa shape index (κ3) is 4.74. The van der Waals surface area contributed by atoms with Gasteiger partial charge in [-0.25, -0.2) is 0 Å². The minimum Gasteiger partial charge on any atom is -0.465 e. The molecule has 10 nitrogen and oxygen atoms in total. The zero-order valence-electron chi connectivity index (χ0n) is 15.7. The maximum Gasteiger partial charge on any atom is 0.326 e. The Morgan fingerprint density at radius 1 is 1.34 bits per heavy atom. The molecule has 1 aromatic rings. The number of carbonyl (C=O) groups excluding carboxylic acids is 3. The number of carbonyl (C=O) groups is 3. The summed E-state index contributed by atoms with van der Waals surface area (Å²) >= 11 is 0.684. The number of thioether (sulfide) groups is 1. The molecule has 2 heterocycles. The fourth-order valence-corrected chi connectivity index (χ4v) is 3.81. The molecule has 0 bridgehead atoms. The summed E-state index contributed by atoms with van der Waals surface area (Å²) in [6.45, 7) is 3.54. The van der Waals surface area contributed by atoms with Gasteiger partial charge in [0.05, 0.1) is 29.6 Å². The first-order valence-electron chi connectivity index (χ1n) is 8.93. The smallest absolute Gasteiger partial charge is 0.326 e. The van der Waals surface area contributed by atoms with E-state index >= 15 is 0 Å². The van der Waals surface area contributed by atoms with Crippen molar-refractivity contribution < 1.29 is 28.8 Å². The van der Waals surface area contributed by atoms with E-state index < -0.39 is 28.6 Å². The number of anilines is 1. The monoisotopic (exact) mass is 421 g/mol. The number of non-ortho nitro benzene ring substituents is 1. The SMILES string of the molecule is CCOC(=O)CN1C(=O)S/C(=C\c2cc([N+](=O)[O-])ccc2N2CCOCC2)C1=O. The summed E-state index contributed by atoms with van der Waals surface area (Å²) in [5, 5.41) is 10.6. The van der Waals surface area contributed by atoms with E-state index in [1.165, 1.54) is 18.2 Å². The number of hydrogen-bond donors (Lipinski definition) is 0. The lowest BCUT2D eigenvalue weighted by atomic mass is 10.1. The molecule has 0 radical (unpaired) electrons. The molecule has 0 aromatic heterocycles. The van der Waals surface area contributed by atoms with Crippen molar-refractivity contribution in [2.75, 3.05) is 44.4 Å². The second-order valence-electron chi connectivity index (χ2n) is 6.17. The van der Waals surface area contributed by atoms with Gasteiger partial charge < -0.3 is 14.4 Å². The highest BCUT2D eigenvalue weighted by atomic mass is 32.2. The molecule has 0 spiro atoms. The lowest BCUT2D eigenvalue weighted by Crippen LogP contribution is -2.36. The Morgan fingerprint density at radius 2 is 2.07 bits per heavy atom. The number of nitro benzene ring substituents is 1. The van der Waals surface area contributed by atoms with Crippen LogP contribution in [0.4, 0.5) is 16.2 Å². The first kappa shape index (κ1) is 20.8. The Morgan fingerprint density at radius 3 is 2.72 bits per heavy atom. The largest absolute Gasteiger partial charge is 0.465 e. The van der Waals surface area contributed by atoms with Crippen LogP contribution < -0.4 is 4.90 Å². The van der Waals surface area contributed by atoms with Crippen LogP contribution in [0.5, 0.6) is 0 Å². The normalized spacial score (nSPS) is 18.4. The minimum absolute atomic E-state index is 0.0919. The number of rotatable bonds is 6. The fraction of sp³-hybridized carbons (Fsp3) is 0.389. The van der Waals surface area contributed by atoms with E-state index in [0.29, 0.717) is 49.3 Å². The topological polar surface area (TPSA) is 119 Å². The van der Waals surface area contributed by atoms with Crippen LogP contribution >= 0.6 is 11.8 Å². The quantitative estimate of drug-likeness (QED) is 0.294. The summed E-state index contributed by atoms with van der Waals surface area (Å²) in [6, 6.07) is 4.39.